The van der Waals surface area contributed by atoms with Crippen LogP contribution >= 0.6 is 0 Å². The van der Waals surface area contributed by atoms with E-state index in [2.05, 4.69) is 15.3 Å². The Balaban J connectivity index is 1.60. The van der Waals surface area contributed by atoms with Crippen LogP contribution in [0.4, 0.5) is 5.69 Å². The zero-order valence-electron chi connectivity index (χ0n) is 19.7. The molecule has 2 amide bonds. The number of aromatic amines is 1. The number of anilines is 1. The topological polar surface area (TPSA) is 145 Å². The molecule has 0 fully saturated rings. The Labute approximate surface area is 203 Å². The first-order valence-corrected chi connectivity index (χ1v) is 11.6. The molecule has 0 radical (unpaired) electrons. The van der Waals surface area contributed by atoms with E-state index in [1.54, 1.807) is 24.1 Å². The predicted molar refractivity (Wildman–Crippen MR) is 132 cm³/mol. The van der Waals surface area contributed by atoms with Crippen LogP contribution in [-0.2, 0) is 22.7 Å². The van der Waals surface area contributed by atoms with Crippen LogP contribution in [-0.4, -0.2) is 68.8 Å². The lowest BCUT2D eigenvalue weighted by atomic mass is 10.1. The minimum atomic E-state index is -1.07. The Morgan fingerprint density at radius 1 is 1.23 bits per heavy atom. The highest BCUT2D eigenvalue weighted by Gasteiger charge is 2.29. The number of amides is 2. The summed E-state index contributed by atoms with van der Waals surface area (Å²) in [7, 11) is 1.64. The summed E-state index contributed by atoms with van der Waals surface area (Å²) in [6, 6.07) is 12.1. The van der Waals surface area contributed by atoms with Crippen molar-refractivity contribution in [3.8, 4) is 0 Å². The van der Waals surface area contributed by atoms with Gasteiger partial charge in [-0.15, -0.1) is 0 Å². The third kappa shape index (κ3) is 5.60. The van der Waals surface area contributed by atoms with Crippen LogP contribution in [0.2, 0.25) is 0 Å². The lowest BCUT2D eigenvalue weighted by Gasteiger charge is -2.23. The fourth-order valence-corrected chi connectivity index (χ4v) is 4.29. The van der Waals surface area contributed by atoms with E-state index >= 15 is 0 Å². The van der Waals surface area contributed by atoms with Crippen molar-refractivity contribution in [1.82, 2.24) is 19.8 Å². The number of nitrogens with one attached hydrogen (secondary N) is 2. The highest BCUT2D eigenvalue weighted by Crippen LogP contribution is 2.26. The van der Waals surface area contributed by atoms with Crippen LogP contribution in [0.3, 0.4) is 0 Å². The summed E-state index contributed by atoms with van der Waals surface area (Å²) in [5, 5.41) is 12.3. The summed E-state index contributed by atoms with van der Waals surface area (Å²) < 4.78 is 0. The molecule has 0 aliphatic carbocycles. The summed E-state index contributed by atoms with van der Waals surface area (Å²) in [4.78, 5) is 48.6. The number of fused-ring (bicyclic) bond motifs is 2. The zero-order chi connectivity index (χ0) is 24.9. The van der Waals surface area contributed by atoms with Gasteiger partial charge in [0.2, 0.25) is 5.91 Å². The van der Waals surface area contributed by atoms with Gasteiger partial charge in [0.25, 0.3) is 5.91 Å². The molecule has 2 aromatic carbocycles. The van der Waals surface area contributed by atoms with Gasteiger partial charge in [-0.3, -0.25) is 14.4 Å². The van der Waals surface area contributed by atoms with Crippen molar-refractivity contribution in [2.24, 2.45) is 5.73 Å². The molecule has 10 heteroatoms. The van der Waals surface area contributed by atoms with Gasteiger partial charge in [0.15, 0.2) is 0 Å². The molecule has 4 rings (SSSR count). The highest BCUT2D eigenvalue weighted by atomic mass is 16.4. The molecule has 0 unspecified atom stereocenters. The largest absolute Gasteiger partial charge is 0.481 e. The molecule has 0 saturated heterocycles. The number of likely N-dealkylation sites (N-methyl/N-ethyl adjacent to an activating group) is 1. The van der Waals surface area contributed by atoms with Crippen LogP contribution in [0.15, 0.2) is 42.5 Å². The number of carboxylic acids is 1. The molecule has 3 aromatic rings. The fraction of sp³-hybridized carbons (Fsp3) is 0.360. The Morgan fingerprint density at radius 3 is 2.77 bits per heavy atom. The molecule has 184 valence electrons. The number of hydrogen-bond donors (Lipinski definition) is 4. The smallest absolute Gasteiger partial charge is 0.305 e. The lowest BCUT2D eigenvalue weighted by molar-refractivity contribution is -0.141. The maximum Gasteiger partial charge on any atom is 0.305 e. The van der Waals surface area contributed by atoms with Crippen molar-refractivity contribution >= 4 is 34.5 Å². The van der Waals surface area contributed by atoms with E-state index in [0.29, 0.717) is 43.3 Å². The number of nitrogens with two attached hydrogens (primary N) is 1. The number of imidazole rings is 1. The van der Waals surface area contributed by atoms with Crippen LogP contribution < -0.4 is 11.1 Å². The second-order valence-corrected chi connectivity index (χ2v) is 8.78. The molecule has 0 spiro atoms. The molecular formula is C25H30N6O4. The van der Waals surface area contributed by atoms with Crippen LogP contribution in [0.5, 0.6) is 0 Å². The number of H-pyrrole nitrogens is 1. The molecule has 1 aliphatic rings. The van der Waals surface area contributed by atoms with Gasteiger partial charge in [0.05, 0.1) is 24.0 Å². The van der Waals surface area contributed by atoms with E-state index in [-0.39, 0.29) is 18.2 Å². The Hall–Kier alpha value is -3.92. The van der Waals surface area contributed by atoms with E-state index in [9.17, 15) is 19.5 Å². The first-order chi connectivity index (χ1) is 16.9. The number of carbonyl (C=O) groups is 3. The molecule has 5 N–H and O–H groups in total. The van der Waals surface area contributed by atoms with E-state index in [1.807, 2.05) is 30.3 Å². The average Bonchev–Trinajstić information content (AvgIpc) is 3.20. The maximum absolute atomic E-state index is 13.6. The third-order valence-electron chi connectivity index (χ3n) is 6.10. The van der Waals surface area contributed by atoms with Crippen molar-refractivity contribution in [2.45, 2.75) is 38.4 Å². The summed E-state index contributed by atoms with van der Waals surface area (Å²) >= 11 is 0. The highest BCUT2D eigenvalue weighted by molar-refractivity contribution is 5.96. The van der Waals surface area contributed by atoms with E-state index in [0.717, 1.165) is 29.4 Å². The van der Waals surface area contributed by atoms with Crippen LogP contribution in [0.1, 0.15) is 41.0 Å². The van der Waals surface area contributed by atoms with Gasteiger partial charge >= 0.3 is 5.97 Å². The van der Waals surface area contributed by atoms with Gasteiger partial charge in [0.1, 0.15) is 11.9 Å². The number of unbranched alkanes of at least 4 members (excludes halogenated alkanes) is 1. The van der Waals surface area contributed by atoms with Crippen LogP contribution in [0, 0.1) is 0 Å². The first-order valence-electron chi connectivity index (χ1n) is 11.6. The second kappa shape index (κ2) is 10.6. The van der Waals surface area contributed by atoms with Crippen molar-refractivity contribution in [2.75, 3.05) is 25.5 Å². The SMILES string of the molecule is CN1Cc2ccc(C(=O)N(CCCCN)Cc3nc4ccccc4[nH]3)cc2N[C@@H](CC(=O)O)C1=O. The normalized spacial score (nSPS) is 15.4. The number of para-hydroxylation sites is 2. The number of carbonyl (C=O) groups excluding carboxylic acids is 2. The van der Waals surface area contributed by atoms with E-state index in [1.165, 1.54) is 4.90 Å². The Kier molecular flexibility index (Phi) is 7.31. The Morgan fingerprint density at radius 2 is 2.03 bits per heavy atom. The number of aromatic nitrogens is 2. The van der Waals surface area contributed by atoms with Crippen molar-refractivity contribution in [3.63, 3.8) is 0 Å². The average molecular weight is 479 g/mol. The van der Waals surface area contributed by atoms with Gasteiger partial charge in [-0.1, -0.05) is 18.2 Å². The van der Waals surface area contributed by atoms with Crippen molar-refractivity contribution < 1.29 is 19.5 Å². The Bertz CT molecular complexity index is 1210. The second-order valence-electron chi connectivity index (χ2n) is 8.78. The van der Waals surface area contributed by atoms with E-state index < -0.39 is 12.0 Å². The van der Waals surface area contributed by atoms with Gasteiger partial charge in [-0.05, 0) is 49.2 Å². The molecule has 1 aromatic heterocycles. The molecular weight excluding hydrogens is 448 g/mol. The lowest BCUT2D eigenvalue weighted by Crippen LogP contribution is -2.39. The van der Waals surface area contributed by atoms with Gasteiger partial charge < -0.3 is 30.9 Å². The molecule has 2 heterocycles. The number of nitrogens with zero attached hydrogens (tertiary/aromatic N) is 3. The molecule has 0 bridgehead atoms. The number of rotatable bonds is 9. The van der Waals surface area contributed by atoms with E-state index in [4.69, 9.17) is 5.73 Å². The van der Waals surface area contributed by atoms with Crippen molar-refractivity contribution in [3.05, 3.63) is 59.4 Å². The molecule has 1 atom stereocenters. The standard InChI is InChI=1S/C25H30N6O4/c1-30-14-17-9-8-16(12-20(17)27-21(25(30)35)13-23(32)33)24(34)31(11-5-4-10-26)15-22-28-18-6-2-3-7-19(18)29-22/h2-3,6-9,12,21,27H,4-5,10-11,13-15,26H2,1H3,(H,28,29)(H,32,33)/t21-/m0/s1. The molecule has 35 heavy (non-hydrogen) atoms. The number of benzene rings is 2. The zero-order valence-corrected chi connectivity index (χ0v) is 19.7. The minimum absolute atomic E-state index is 0.175. The summed E-state index contributed by atoms with van der Waals surface area (Å²) in [5.41, 5.74) is 9.26. The quantitative estimate of drug-likeness (QED) is 0.345. The number of hydrogen-bond acceptors (Lipinski definition) is 6. The number of carboxylic acid groups (broad SMARTS) is 1. The molecule has 1 aliphatic heterocycles. The number of aliphatic carboxylic acids is 1. The maximum atomic E-state index is 13.6. The third-order valence-corrected chi connectivity index (χ3v) is 6.10. The predicted octanol–water partition coefficient (Wildman–Crippen LogP) is 2.17. The molecule has 0 saturated carbocycles. The van der Waals surface area contributed by atoms with Gasteiger partial charge in [-0.2, -0.15) is 0 Å². The summed E-state index contributed by atoms with van der Waals surface area (Å²) in [5.74, 6) is -0.860. The first kappa shape index (κ1) is 24.2. The summed E-state index contributed by atoms with van der Waals surface area (Å²) in [6.45, 7) is 1.69. The van der Waals surface area contributed by atoms with Crippen molar-refractivity contribution in [1.29, 1.82) is 0 Å². The summed E-state index contributed by atoms with van der Waals surface area (Å²) in [6.07, 6.45) is 1.20. The fourth-order valence-electron chi connectivity index (χ4n) is 4.29. The van der Waals surface area contributed by atoms with Gasteiger partial charge in [0, 0.05) is 31.4 Å². The monoisotopic (exact) mass is 478 g/mol. The van der Waals surface area contributed by atoms with Gasteiger partial charge in [-0.25, -0.2) is 4.98 Å². The van der Waals surface area contributed by atoms with Crippen LogP contribution in [0.25, 0.3) is 11.0 Å². The molecule has 10 nitrogen and oxygen atoms in total. The minimum Gasteiger partial charge on any atom is -0.481 e.